The molecule has 4 aromatic rings. The van der Waals surface area contributed by atoms with Crippen molar-refractivity contribution >= 4 is 34.9 Å². The fourth-order valence-corrected chi connectivity index (χ4v) is 5.06. The largest absolute Gasteiger partial charge is 0.482 e. The number of aliphatic carboxylic acids is 1. The van der Waals surface area contributed by atoms with Gasteiger partial charge in [0, 0.05) is 15.7 Å². The van der Waals surface area contributed by atoms with E-state index < -0.39 is 24.3 Å². The van der Waals surface area contributed by atoms with Gasteiger partial charge in [0.05, 0.1) is 5.56 Å². The van der Waals surface area contributed by atoms with Crippen LogP contribution in [0.2, 0.25) is 5.02 Å². The van der Waals surface area contributed by atoms with E-state index >= 15 is 0 Å². The molecule has 0 unspecified atom stereocenters. The minimum Gasteiger partial charge on any atom is -0.482 e. The summed E-state index contributed by atoms with van der Waals surface area (Å²) in [6, 6.07) is 25.5. The number of halogens is 4. The molecule has 0 aromatic heterocycles. The van der Waals surface area contributed by atoms with Gasteiger partial charge >= 0.3 is 12.1 Å². The van der Waals surface area contributed by atoms with Crippen LogP contribution in [0, 0.1) is 6.92 Å². The van der Waals surface area contributed by atoms with E-state index in [0.29, 0.717) is 38.8 Å². The normalized spacial score (nSPS) is 11.9. The van der Waals surface area contributed by atoms with Gasteiger partial charge in [0.25, 0.3) is 0 Å². The fourth-order valence-electron chi connectivity index (χ4n) is 4.07. The van der Waals surface area contributed by atoms with Crippen molar-refractivity contribution in [1.82, 2.24) is 0 Å². The number of aryl methyl sites for hydroxylation is 1. The van der Waals surface area contributed by atoms with E-state index in [9.17, 15) is 18.0 Å². The minimum absolute atomic E-state index is 0.0821. The number of alkyl halides is 3. The Bertz CT molecular complexity index is 1480. The van der Waals surface area contributed by atoms with Crippen LogP contribution >= 0.6 is 23.4 Å². The molecule has 0 aliphatic rings. The average Bonchev–Trinajstić information content (AvgIpc) is 2.91. The third-order valence-electron chi connectivity index (χ3n) is 5.91. The van der Waals surface area contributed by atoms with Crippen molar-refractivity contribution in [2.24, 2.45) is 0 Å². The minimum atomic E-state index is -4.57. The highest BCUT2D eigenvalue weighted by molar-refractivity contribution is 7.99. The molecule has 8 heteroatoms. The number of benzene rings is 4. The summed E-state index contributed by atoms with van der Waals surface area (Å²) in [4.78, 5) is 11.6. The monoisotopic (exact) mass is 568 g/mol. The van der Waals surface area contributed by atoms with Gasteiger partial charge in [-0.15, -0.1) is 11.8 Å². The van der Waals surface area contributed by atoms with E-state index in [-0.39, 0.29) is 5.56 Å². The molecule has 0 bridgehead atoms. The molecule has 4 aromatic carbocycles. The van der Waals surface area contributed by atoms with Crippen molar-refractivity contribution in [2.45, 2.75) is 18.0 Å². The van der Waals surface area contributed by atoms with E-state index in [2.05, 4.69) is 0 Å². The zero-order valence-corrected chi connectivity index (χ0v) is 22.4. The van der Waals surface area contributed by atoms with Crippen LogP contribution in [0.1, 0.15) is 22.3 Å². The Morgan fingerprint density at radius 2 is 1.67 bits per heavy atom. The van der Waals surface area contributed by atoms with E-state index in [1.807, 2.05) is 12.1 Å². The standard InChI is InChI=1S/C31H24ClF3O3S/c1-20-17-25(12-14-29(20)38-19-30(36)37)39-16-15-26(22-7-10-24(32)11-8-22)27-13-9-23(18-28(27)31(33,34)35)21-5-3-2-4-6-21/h2-15,17-18H,16,19H2,1H3,(H,36,37). The Kier molecular flexibility index (Phi) is 9.04. The smallest absolute Gasteiger partial charge is 0.417 e. The molecule has 0 aliphatic heterocycles. The van der Waals surface area contributed by atoms with Crippen LogP contribution in [0.4, 0.5) is 13.2 Å². The Hall–Kier alpha value is -3.68. The number of thioether (sulfide) groups is 1. The summed E-state index contributed by atoms with van der Waals surface area (Å²) in [6.45, 7) is 1.37. The molecule has 4 rings (SSSR count). The predicted molar refractivity (Wildman–Crippen MR) is 150 cm³/mol. The van der Waals surface area contributed by atoms with Gasteiger partial charge in [-0.25, -0.2) is 4.79 Å². The number of ether oxygens (including phenoxy) is 1. The molecule has 0 saturated carbocycles. The summed E-state index contributed by atoms with van der Waals surface area (Å²) >= 11 is 7.51. The van der Waals surface area contributed by atoms with Crippen molar-refractivity contribution in [3.8, 4) is 16.9 Å². The molecule has 1 N–H and O–H groups in total. The Morgan fingerprint density at radius 1 is 0.949 bits per heavy atom. The number of carbonyl (C=O) groups is 1. The fraction of sp³-hybridized carbons (Fsp3) is 0.129. The van der Waals surface area contributed by atoms with Gasteiger partial charge < -0.3 is 9.84 Å². The first kappa shape index (κ1) is 28.3. The second-order valence-corrected chi connectivity index (χ2v) is 10.2. The van der Waals surface area contributed by atoms with Crippen LogP contribution in [0.25, 0.3) is 16.7 Å². The topological polar surface area (TPSA) is 46.5 Å². The van der Waals surface area contributed by atoms with Gasteiger partial charge in [0.1, 0.15) is 5.75 Å². The summed E-state index contributed by atoms with van der Waals surface area (Å²) in [5.74, 6) is -0.208. The Morgan fingerprint density at radius 3 is 2.31 bits per heavy atom. The van der Waals surface area contributed by atoms with Crippen molar-refractivity contribution in [2.75, 3.05) is 12.4 Å². The molecule has 0 fully saturated rings. The van der Waals surface area contributed by atoms with Crippen LogP contribution in [0.5, 0.6) is 5.75 Å². The molecule has 0 atom stereocenters. The third kappa shape index (κ3) is 7.46. The van der Waals surface area contributed by atoms with Gasteiger partial charge in [0.15, 0.2) is 6.61 Å². The highest BCUT2D eigenvalue weighted by Crippen LogP contribution is 2.40. The maximum Gasteiger partial charge on any atom is 0.417 e. The summed E-state index contributed by atoms with van der Waals surface area (Å²) in [5, 5.41) is 9.31. The molecular formula is C31H24ClF3O3S. The summed E-state index contributed by atoms with van der Waals surface area (Å²) in [6.07, 6.45) is -2.79. The molecule has 0 heterocycles. The van der Waals surface area contributed by atoms with Crippen LogP contribution in [-0.2, 0) is 11.0 Å². The molecule has 0 aliphatic carbocycles. The lowest BCUT2D eigenvalue weighted by Gasteiger charge is -2.18. The quantitative estimate of drug-likeness (QED) is 0.205. The van der Waals surface area contributed by atoms with Crippen molar-refractivity contribution in [1.29, 1.82) is 0 Å². The first-order chi connectivity index (χ1) is 18.6. The zero-order chi connectivity index (χ0) is 28.0. The third-order valence-corrected chi connectivity index (χ3v) is 7.09. The van der Waals surface area contributed by atoms with Crippen LogP contribution < -0.4 is 4.74 Å². The van der Waals surface area contributed by atoms with Crippen LogP contribution in [0.15, 0.2) is 102 Å². The second-order valence-electron chi connectivity index (χ2n) is 8.67. The maximum atomic E-state index is 14.4. The molecule has 3 nitrogen and oxygen atoms in total. The highest BCUT2D eigenvalue weighted by Gasteiger charge is 2.34. The van der Waals surface area contributed by atoms with E-state index in [4.69, 9.17) is 21.4 Å². The summed E-state index contributed by atoms with van der Waals surface area (Å²) < 4.78 is 48.4. The first-order valence-electron chi connectivity index (χ1n) is 11.9. The van der Waals surface area contributed by atoms with Gasteiger partial charge in [0.2, 0.25) is 0 Å². The Balaban J connectivity index is 1.69. The number of hydrogen-bond acceptors (Lipinski definition) is 3. The molecular weight excluding hydrogens is 545 g/mol. The molecule has 0 amide bonds. The van der Waals surface area contributed by atoms with Gasteiger partial charge in [-0.3, -0.25) is 0 Å². The van der Waals surface area contributed by atoms with E-state index in [0.717, 1.165) is 10.5 Å². The molecule has 0 spiro atoms. The van der Waals surface area contributed by atoms with Gasteiger partial charge in [-0.2, -0.15) is 13.2 Å². The lowest BCUT2D eigenvalue weighted by Crippen LogP contribution is -2.10. The first-order valence-corrected chi connectivity index (χ1v) is 13.3. The van der Waals surface area contributed by atoms with Crippen LogP contribution in [-0.4, -0.2) is 23.4 Å². The SMILES string of the molecule is Cc1cc(SCC=C(c2ccc(Cl)cc2)c2ccc(-c3ccccc3)cc2C(F)(F)F)ccc1OCC(=O)O. The summed E-state index contributed by atoms with van der Waals surface area (Å²) in [7, 11) is 0. The molecule has 200 valence electrons. The lowest BCUT2D eigenvalue weighted by molar-refractivity contribution is -0.139. The highest BCUT2D eigenvalue weighted by atomic mass is 35.5. The Labute approximate surface area is 233 Å². The van der Waals surface area contributed by atoms with Crippen molar-refractivity contribution < 1.29 is 27.8 Å². The molecule has 0 radical (unpaired) electrons. The van der Waals surface area contributed by atoms with E-state index in [1.165, 1.54) is 23.9 Å². The zero-order valence-electron chi connectivity index (χ0n) is 20.8. The lowest BCUT2D eigenvalue weighted by atomic mass is 9.91. The average molecular weight is 569 g/mol. The van der Waals surface area contributed by atoms with Gasteiger partial charge in [-0.05, 0) is 76.7 Å². The molecule has 0 saturated heterocycles. The summed E-state index contributed by atoms with van der Waals surface area (Å²) in [5.41, 5.74) is 2.38. The number of rotatable bonds is 9. The number of hydrogen-bond donors (Lipinski definition) is 1. The maximum absolute atomic E-state index is 14.4. The van der Waals surface area contributed by atoms with Crippen molar-refractivity contribution in [3.63, 3.8) is 0 Å². The van der Waals surface area contributed by atoms with E-state index in [1.54, 1.807) is 79.7 Å². The number of carboxylic acids is 1. The second kappa shape index (κ2) is 12.5. The predicted octanol–water partition coefficient (Wildman–Crippen LogP) is 9.02. The van der Waals surface area contributed by atoms with Crippen LogP contribution in [0.3, 0.4) is 0 Å². The van der Waals surface area contributed by atoms with Gasteiger partial charge in [-0.1, -0.05) is 72.3 Å². The number of carboxylic acid groups (broad SMARTS) is 1. The molecule has 39 heavy (non-hydrogen) atoms. The van der Waals surface area contributed by atoms with Crippen molar-refractivity contribution in [3.05, 3.63) is 124 Å².